The second kappa shape index (κ2) is 11.9. The highest BCUT2D eigenvalue weighted by atomic mass is 79.9. The fraction of sp³-hybridized carbons (Fsp3) is 0.231. The second-order valence-electron chi connectivity index (χ2n) is 3.02. The molecular formula is C13H17BrO2-2. The van der Waals surface area contributed by atoms with Crippen LogP contribution in [0.25, 0.3) is 0 Å². The Hall–Kier alpha value is -1.22. The average Bonchev–Trinajstić information content (AvgIpc) is 2.17. The van der Waals surface area contributed by atoms with Crippen molar-refractivity contribution in [3.8, 4) is 0 Å². The Morgan fingerprint density at radius 3 is 1.56 bits per heavy atom. The molecule has 0 radical (unpaired) electrons. The second-order valence-corrected chi connectivity index (χ2v) is 3.58. The molecule has 0 N–H and O–H groups in total. The quantitative estimate of drug-likeness (QED) is 0.587. The zero-order chi connectivity index (χ0) is 13.0. The molecule has 1 rings (SSSR count). The molecule has 0 saturated carbocycles. The van der Waals surface area contributed by atoms with Crippen molar-refractivity contribution in [2.75, 3.05) is 0 Å². The Kier molecular flexibility index (Phi) is 12.7. The first-order valence-electron chi connectivity index (χ1n) is 4.65. The van der Waals surface area contributed by atoms with Gasteiger partial charge in [0.1, 0.15) is 0 Å². The number of allylic oxidation sites excluding steroid dienone is 2. The van der Waals surface area contributed by atoms with Crippen LogP contribution in [0.3, 0.4) is 0 Å². The van der Waals surface area contributed by atoms with Crippen LogP contribution < -0.4 is 10.2 Å². The molecule has 0 spiro atoms. The molecule has 1 aromatic rings. The van der Waals surface area contributed by atoms with Crippen molar-refractivity contribution < 1.29 is 10.2 Å². The lowest BCUT2D eigenvalue weighted by Crippen LogP contribution is -1.93. The Morgan fingerprint density at radius 1 is 1.06 bits per heavy atom. The van der Waals surface area contributed by atoms with Gasteiger partial charge in [0, 0.05) is 5.33 Å². The monoisotopic (exact) mass is 284 g/mol. The van der Waals surface area contributed by atoms with E-state index in [1.54, 1.807) is 0 Å². The third-order valence-electron chi connectivity index (χ3n) is 0.997. The van der Waals surface area contributed by atoms with E-state index < -0.39 is 0 Å². The van der Waals surface area contributed by atoms with Crippen LogP contribution in [0, 0.1) is 0 Å². The topological polar surface area (TPSA) is 46.1 Å². The van der Waals surface area contributed by atoms with Crippen molar-refractivity contribution in [1.29, 1.82) is 0 Å². The molecule has 0 aromatic heterocycles. The molecule has 0 fully saturated rings. The van der Waals surface area contributed by atoms with Gasteiger partial charge in [-0.15, -0.1) is 24.7 Å². The minimum absolute atomic E-state index is 0.0833. The lowest BCUT2D eigenvalue weighted by atomic mass is 10.2. The third kappa shape index (κ3) is 23.0. The fourth-order valence-electron chi connectivity index (χ4n) is 0.567. The summed E-state index contributed by atoms with van der Waals surface area (Å²) in [7, 11) is 0. The van der Waals surface area contributed by atoms with E-state index in [1.165, 1.54) is 19.4 Å². The van der Waals surface area contributed by atoms with Crippen LogP contribution in [0.1, 0.15) is 19.4 Å². The Morgan fingerprint density at radius 2 is 1.38 bits per heavy atom. The third-order valence-corrected chi connectivity index (χ3v) is 1.64. The predicted octanol–water partition coefficient (Wildman–Crippen LogP) is 2.34. The number of benzene rings is 1. The molecular weight excluding hydrogens is 268 g/mol. The largest absolute Gasteiger partial charge is 0.876 e. The first-order valence-corrected chi connectivity index (χ1v) is 5.77. The van der Waals surface area contributed by atoms with E-state index in [0.717, 1.165) is 5.33 Å². The van der Waals surface area contributed by atoms with Gasteiger partial charge in [0.05, 0.1) is 0 Å². The molecule has 0 heterocycles. The van der Waals surface area contributed by atoms with Gasteiger partial charge in [0.25, 0.3) is 0 Å². The molecule has 0 aliphatic carbocycles. The van der Waals surface area contributed by atoms with Gasteiger partial charge in [-0.3, -0.25) is 0 Å². The summed E-state index contributed by atoms with van der Waals surface area (Å²) in [5.74, 6) is -0.167. The molecule has 1 aromatic carbocycles. The summed E-state index contributed by atoms with van der Waals surface area (Å²) in [6.45, 7) is 8.83. The van der Waals surface area contributed by atoms with Crippen LogP contribution in [0.2, 0.25) is 0 Å². The number of hydrogen-bond acceptors (Lipinski definition) is 2. The van der Waals surface area contributed by atoms with E-state index in [0.29, 0.717) is 0 Å². The lowest BCUT2D eigenvalue weighted by Gasteiger charge is -1.92. The number of alkyl halides is 1. The van der Waals surface area contributed by atoms with E-state index in [1.807, 2.05) is 18.2 Å². The first-order chi connectivity index (χ1) is 7.40. The maximum absolute atomic E-state index is 9.33. The molecule has 16 heavy (non-hydrogen) atoms. The molecule has 0 aliphatic heterocycles. The summed E-state index contributed by atoms with van der Waals surface area (Å²) >= 11 is 3.36. The van der Waals surface area contributed by atoms with Gasteiger partial charge in [-0.25, -0.2) is 0 Å². The molecule has 3 heteroatoms. The maximum atomic E-state index is 9.33. The molecule has 2 nitrogen and oxygen atoms in total. The van der Waals surface area contributed by atoms with Crippen LogP contribution in [-0.4, -0.2) is 0 Å². The SMILES string of the molecule is BrCc1ccccc1.C=C(C)[O-].C=C(C)[O-]. The van der Waals surface area contributed by atoms with Gasteiger partial charge in [-0.2, -0.15) is 0 Å². The fourth-order valence-corrected chi connectivity index (χ4v) is 0.941. The summed E-state index contributed by atoms with van der Waals surface area (Å²) in [6.07, 6.45) is 0. The normalized spacial score (nSPS) is 7.69. The summed E-state index contributed by atoms with van der Waals surface area (Å²) in [4.78, 5) is 0. The predicted molar refractivity (Wildman–Crippen MR) is 68.7 cm³/mol. The molecule has 90 valence electrons. The van der Waals surface area contributed by atoms with Crippen LogP contribution in [0.5, 0.6) is 0 Å². The van der Waals surface area contributed by atoms with Gasteiger partial charge in [0.2, 0.25) is 0 Å². The highest BCUT2D eigenvalue weighted by Crippen LogP contribution is 2.02. The Balaban J connectivity index is 0. The molecule has 0 amide bonds. The molecule has 0 atom stereocenters. The van der Waals surface area contributed by atoms with Crippen molar-refractivity contribution >= 4 is 15.9 Å². The van der Waals surface area contributed by atoms with Crippen molar-refractivity contribution in [2.24, 2.45) is 0 Å². The van der Waals surface area contributed by atoms with Gasteiger partial charge in [-0.1, -0.05) is 60.1 Å². The molecule has 0 saturated heterocycles. The highest BCUT2D eigenvalue weighted by molar-refractivity contribution is 9.08. The molecule has 0 bridgehead atoms. The molecule has 0 aliphatic rings. The van der Waals surface area contributed by atoms with Crippen LogP contribution in [0.4, 0.5) is 0 Å². The Bertz CT molecular complexity index is 274. The standard InChI is InChI=1S/C7H7Br.2C3H6O/c8-6-7-4-2-1-3-5-7;2*1-3(2)4/h1-5H,6H2;2*4H,1H2,2H3/p-2. The smallest absolute Gasteiger partial charge is 0.0283 e. The number of halogens is 1. The van der Waals surface area contributed by atoms with Crippen molar-refractivity contribution in [2.45, 2.75) is 19.2 Å². The number of rotatable bonds is 1. The zero-order valence-electron chi connectivity index (χ0n) is 9.70. The summed E-state index contributed by atoms with van der Waals surface area (Å²) < 4.78 is 0. The zero-order valence-corrected chi connectivity index (χ0v) is 11.3. The van der Waals surface area contributed by atoms with Crippen LogP contribution in [0.15, 0.2) is 55.0 Å². The van der Waals surface area contributed by atoms with Crippen molar-refractivity contribution in [1.82, 2.24) is 0 Å². The average molecular weight is 285 g/mol. The summed E-state index contributed by atoms with van der Waals surface area (Å²) in [6, 6.07) is 10.3. The highest BCUT2D eigenvalue weighted by Gasteiger charge is 1.81. The summed E-state index contributed by atoms with van der Waals surface area (Å²) in [5, 5.41) is 19.6. The lowest BCUT2D eigenvalue weighted by molar-refractivity contribution is -0.301. The van der Waals surface area contributed by atoms with Crippen molar-refractivity contribution in [3.63, 3.8) is 0 Å². The maximum Gasteiger partial charge on any atom is 0.0283 e. The minimum atomic E-state index is -0.0833. The van der Waals surface area contributed by atoms with Crippen LogP contribution in [-0.2, 0) is 5.33 Å². The van der Waals surface area contributed by atoms with E-state index in [9.17, 15) is 10.2 Å². The van der Waals surface area contributed by atoms with E-state index in [-0.39, 0.29) is 11.5 Å². The summed E-state index contributed by atoms with van der Waals surface area (Å²) in [5.41, 5.74) is 1.33. The van der Waals surface area contributed by atoms with E-state index in [4.69, 9.17) is 0 Å². The van der Waals surface area contributed by atoms with Gasteiger partial charge >= 0.3 is 0 Å². The molecule has 0 unspecified atom stereocenters. The van der Waals surface area contributed by atoms with Crippen molar-refractivity contribution in [3.05, 3.63) is 60.6 Å². The van der Waals surface area contributed by atoms with Crippen LogP contribution >= 0.6 is 15.9 Å². The Labute approximate surface area is 106 Å². The van der Waals surface area contributed by atoms with Gasteiger partial charge < -0.3 is 10.2 Å². The van der Waals surface area contributed by atoms with E-state index in [2.05, 4.69) is 41.2 Å². The first kappa shape index (κ1) is 17.2. The van der Waals surface area contributed by atoms with Gasteiger partial charge in [-0.05, 0) is 5.56 Å². The minimum Gasteiger partial charge on any atom is -0.876 e. The van der Waals surface area contributed by atoms with E-state index >= 15 is 0 Å². The van der Waals surface area contributed by atoms with Gasteiger partial charge in [0.15, 0.2) is 0 Å². The number of hydrogen-bond donors (Lipinski definition) is 0.